The molecule has 2 aliphatic rings. The van der Waals surface area contributed by atoms with Gasteiger partial charge in [0.25, 0.3) is 0 Å². The van der Waals surface area contributed by atoms with Crippen LogP contribution < -0.4 is 5.32 Å². The summed E-state index contributed by atoms with van der Waals surface area (Å²) in [6.07, 6.45) is 7.81. The molecule has 0 bridgehead atoms. The highest BCUT2D eigenvalue weighted by atomic mass is 16.5. The number of nitrogens with one attached hydrogen (secondary N) is 1. The lowest BCUT2D eigenvalue weighted by Crippen LogP contribution is -2.42. The molecule has 2 fully saturated rings. The summed E-state index contributed by atoms with van der Waals surface area (Å²) < 4.78 is 11.5. The van der Waals surface area contributed by atoms with Crippen molar-refractivity contribution in [2.45, 2.75) is 38.0 Å². The number of amides is 1. The summed E-state index contributed by atoms with van der Waals surface area (Å²) in [5, 5.41) is 3.02. The number of aromatic nitrogens is 1. The standard InChI is InChI=1S/C20H25N3O3/c24-20(22-9-5-15-3-7-21-8-4-15)18-12-16-6-10-23(14-19(16)26-18)13-17-2-1-11-25-17/h1-4,7-8,11,16,18-19H,5-6,9-10,12-14H2,(H,22,24)/t16-,18-,19-/m0/s1. The molecular formula is C20H25N3O3. The van der Waals surface area contributed by atoms with Crippen molar-refractivity contribution in [3.8, 4) is 0 Å². The lowest BCUT2D eigenvalue weighted by Gasteiger charge is -2.33. The number of ether oxygens (including phenoxy) is 1. The predicted molar refractivity (Wildman–Crippen MR) is 96.3 cm³/mol. The highest BCUT2D eigenvalue weighted by Crippen LogP contribution is 2.33. The molecule has 6 heteroatoms. The Bertz CT molecular complexity index is 704. The molecule has 138 valence electrons. The molecule has 1 N–H and O–H groups in total. The molecule has 3 atom stereocenters. The van der Waals surface area contributed by atoms with Crippen LogP contribution in [0.25, 0.3) is 0 Å². The Morgan fingerprint density at radius 2 is 2.19 bits per heavy atom. The summed E-state index contributed by atoms with van der Waals surface area (Å²) in [6, 6.07) is 7.86. The summed E-state index contributed by atoms with van der Waals surface area (Å²) in [5.41, 5.74) is 1.18. The minimum absolute atomic E-state index is 0.0195. The van der Waals surface area contributed by atoms with Gasteiger partial charge in [0.2, 0.25) is 5.91 Å². The zero-order chi connectivity index (χ0) is 17.8. The van der Waals surface area contributed by atoms with Crippen LogP contribution in [0.15, 0.2) is 47.3 Å². The van der Waals surface area contributed by atoms with Gasteiger partial charge in [0.05, 0.1) is 18.9 Å². The number of furan rings is 1. The van der Waals surface area contributed by atoms with Crippen molar-refractivity contribution in [2.75, 3.05) is 19.6 Å². The van der Waals surface area contributed by atoms with Crippen molar-refractivity contribution in [3.63, 3.8) is 0 Å². The number of likely N-dealkylation sites (tertiary alicyclic amines) is 1. The smallest absolute Gasteiger partial charge is 0.249 e. The van der Waals surface area contributed by atoms with Crippen LogP contribution in [0.2, 0.25) is 0 Å². The van der Waals surface area contributed by atoms with E-state index in [9.17, 15) is 4.79 Å². The van der Waals surface area contributed by atoms with E-state index in [0.29, 0.717) is 12.5 Å². The highest BCUT2D eigenvalue weighted by molar-refractivity contribution is 5.81. The van der Waals surface area contributed by atoms with Gasteiger partial charge in [-0.05, 0) is 61.6 Å². The first kappa shape index (κ1) is 17.2. The Labute approximate surface area is 153 Å². The lowest BCUT2D eigenvalue weighted by atomic mass is 9.91. The average Bonchev–Trinajstić information content (AvgIpc) is 3.32. The molecule has 4 heterocycles. The fourth-order valence-electron chi connectivity index (χ4n) is 3.92. The number of rotatable bonds is 6. The molecular weight excluding hydrogens is 330 g/mol. The van der Waals surface area contributed by atoms with Crippen LogP contribution in [0.3, 0.4) is 0 Å². The quantitative estimate of drug-likeness (QED) is 0.859. The van der Waals surface area contributed by atoms with Gasteiger partial charge in [0.1, 0.15) is 11.9 Å². The molecule has 0 saturated carbocycles. The Kier molecular flexibility index (Phi) is 5.32. The molecule has 0 aromatic carbocycles. The monoisotopic (exact) mass is 355 g/mol. The summed E-state index contributed by atoms with van der Waals surface area (Å²) in [5.74, 6) is 1.48. The number of piperidine rings is 1. The normalized spacial score (nSPS) is 25.8. The van der Waals surface area contributed by atoms with E-state index < -0.39 is 0 Å². The van der Waals surface area contributed by atoms with E-state index in [0.717, 1.165) is 44.7 Å². The SMILES string of the molecule is O=C(NCCc1ccncc1)[C@@H]1C[C@@H]2CCN(Cc3ccco3)C[C@@H]2O1. The van der Waals surface area contributed by atoms with Crippen molar-refractivity contribution in [1.29, 1.82) is 0 Å². The molecule has 2 saturated heterocycles. The first-order chi connectivity index (χ1) is 12.8. The fourth-order valence-corrected chi connectivity index (χ4v) is 3.92. The maximum atomic E-state index is 12.4. The Balaban J connectivity index is 1.23. The van der Waals surface area contributed by atoms with Crippen LogP contribution >= 0.6 is 0 Å². The third-order valence-electron chi connectivity index (χ3n) is 5.35. The molecule has 0 spiro atoms. The number of carbonyl (C=O) groups is 1. The third-order valence-corrected chi connectivity index (χ3v) is 5.35. The minimum Gasteiger partial charge on any atom is -0.468 e. The summed E-state index contributed by atoms with van der Waals surface area (Å²) in [4.78, 5) is 18.8. The van der Waals surface area contributed by atoms with Crippen LogP contribution in [0.5, 0.6) is 0 Å². The maximum absolute atomic E-state index is 12.4. The van der Waals surface area contributed by atoms with Gasteiger partial charge in [0.15, 0.2) is 0 Å². The van der Waals surface area contributed by atoms with Crippen LogP contribution in [0.1, 0.15) is 24.2 Å². The van der Waals surface area contributed by atoms with Crippen LogP contribution in [0.4, 0.5) is 0 Å². The second kappa shape index (κ2) is 8.01. The maximum Gasteiger partial charge on any atom is 0.249 e. The predicted octanol–water partition coefficient (Wildman–Crippen LogP) is 2.01. The second-order valence-electron chi connectivity index (χ2n) is 7.16. The highest BCUT2D eigenvalue weighted by Gasteiger charge is 2.41. The number of hydrogen-bond acceptors (Lipinski definition) is 5. The second-order valence-corrected chi connectivity index (χ2v) is 7.16. The molecule has 2 aromatic rings. The summed E-state index contributed by atoms with van der Waals surface area (Å²) in [7, 11) is 0. The van der Waals surface area contributed by atoms with Crippen molar-refractivity contribution < 1.29 is 13.9 Å². The molecule has 2 aliphatic heterocycles. The van der Waals surface area contributed by atoms with E-state index in [1.165, 1.54) is 5.56 Å². The van der Waals surface area contributed by atoms with Gasteiger partial charge in [-0.3, -0.25) is 14.7 Å². The molecule has 4 rings (SSSR count). The molecule has 2 aromatic heterocycles. The van der Waals surface area contributed by atoms with E-state index in [1.54, 1.807) is 18.7 Å². The number of nitrogens with zero attached hydrogens (tertiary/aromatic N) is 2. The van der Waals surface area contributed by atoms with Gasteiger partial charge >= 0.3 is 0 Å². The molecule has 0 unspecified atom stereocenters. The zero-order valence-corrected chi connectivity index (χ0v) is 14.8. The minimum atomic E-state index is -0.314. The van der Waals surface area contributed by atoms with Gasteiger partial charge in [0, 0.05) is 25.5 Å². The molecule has 0 aliphatic carbocycles. The Morgan fingerprint density at radius 1 is 1.31 bits per heavy atom. The number of fused-ring (bicyclic) bond motifs is 1. The Morgan fingerprint density at radius 3 is 3.00 bits per heavy atom. The van der Waals surface area contributed by atoms with Crippen molar-refractivity contribution in [3.05, 3.63) is 54.2 Å². The fraction of sp³-hybridized carbons (Fsp3) is 0.500. The van der Waals surface area contributed by atoms with Crippen molar-refractivity contribution in [1.82, 2.24) is 15.2 Å². The Hall–Kier alpha value is -2.18. The largest absolute Gasteiger partial charge is 0.468 e. The number of hydrogen-bond donors (Lipinski definition) is 1. The van der Waals surface area contributed by atoms with E-state index >= 15 is 0 Å². The van der Waals surface area contributed by atoms with E-state index in [1.807, 2.05) is 24.3 Å². The van der Waals surface area contributed by atoms with Crippen LogP contribution in [0, 0.1) is 5.92 Å². The molecule has 0 radical (unpaired) electrons. The first-order valence-electron chi connectivity index (χ1n) is 9.35. The van der Waals surface area contributed by atoms with Crippen molar-refractivity contribution >= 4 is 5.91 Å². The van der Waals surface area contributed by atoms with Gasteiger partial charge in [-0.25, -0.2) is 0 Å². The molecule has 1 amide bonds. The summed E-state index contributed by atoms with van der Waals surface area (Å²) in [6.45, 7) is 3.33. The van der Waals surface area contributed by atoms with Crippen LogP contribution in [-0.2, 0) is 22.5 Å². The van der Waals surface area contributed by atoms with Gasteiger partial charge < -0.3 is 14.5 Å². The third kappa shape index (κ3) is 4.14. The van der Waals surface area contributed by atoms with Gasteiger partial charge in [-0.15, -0.1) is 0 Å². The summed E-state index contributed by atoms with van der Waals surface area (Å²) >= 11 is 0. The van der Waals surface area contributed by atoms with Gasteiger partial charge in [-0.1, -0.05) is 0 Å². The van der Waals surface area contributed by atoms with E-state index in [4.69, 9.17) is 9.15 Å². The zero-order valence-electron chi connectivity index (χ0n) is 14.8. The topological polar surface area (TPSA) is 67.6 Å². The number of pyridine rings is 1. The van der Waals surface area contributed by atoms with E-state index in [-0.39, 0.29) is 18.1 Å². The molecule has 6 nitrogen and oxygen atoms in total. The number of carbonyl (C=O) groups excluding carboxylic acids is 1. The van der Waals surface area contributed by atoms with Gasteiger partial charge in [-0.2, -0.15) is 0 Å². The van der Waals surface area contributed by atoms with Crippen molar-refractivity contribution in [2.24, 2.45) is 5.92 Å². The molecule has 26 heavy (non-hydrogen) atoms. The first-order valence-corrected chi connectivity index (χ1v) is 9.35. The van der Waals surface area contributed by atoms with Crippen LogP contribution in [-0.4, -0.2) is 47.6 Å². The lowest BCUT2D eigenvalue weighted by molar-refractivity contribution is -0.132. The average molecular weight is 355 g/mol. The van der Waals surface area contributed by atoms with E-state index in [2.05, 4.69) is 15.2 Å².